The Kier molecular flexibility index (Phi) is 6.19. The molecule has 4 aromatic rings. The predicted octanol–water partition coefficient (Wildman–Crippen LogP) is 5.55. The maximum atomic E-state index is 12.4. The fourth-order valence-corrected chi connectivity index (χ4v) is 3.89. The molecule has 6 heteroatoms. The first-order chi connectivity index (χ1) is 15.1. The molecule has 2 amide bonds. The van der Waals surface area contributed by atoms with Gasteiger partial charge in [0.2, 0.25) is 5.91 Å². The molecule has 0 unspecified atom stereocenters. The number of nitrogens with one attached hydrogen (secondary N) is 2. The number of thiazole rings is 1. The molecular formula is C25H21N3O2S. The minimum absolute atomic E-state index is 0.0887. The van der Waals surface area contributed by atoms with Crippen LogP contribution in [0.25, 0.3) is 11.3 Å². The van der Waals surface area contributed by atoms with Crippen LogP contribution in [-0.2, 0) is 11.2 Å². The molecule has 0 aliphatic heterocycles. The lowest BCUT2D eigenvalue weighted by Gasteiger charge is -2.07. The molecule has 31 heavy (non-hydrogen) atoms. The Bertz CT molecular complexity index is 1200. The highest BCUT2D eigenvalue weighted by Crippen LogP contribution is 2.24. The fraction of sp³-hybridized carbons (Fsp3) is 0.0800. The number of hydrogen-bond acceptors (Lipinski definition) is 4. The summed E-state index contributed by atoms with van der Waals surface area (Å²) in [5, 5.41) is 8.51. The number of amides is 2. The highest BCUT2D eigenvalue weighted by molar-refractivity contribution is 7.10. The number of rotatable bonds is 6. The first-order valence-corrected chi connectivity index (χ1v) is 10.7. The second-order valence-corrected chi connectivity index (χ2v) is 8.01. The standard InChI is InChI=1S/C25H21N3O2S/c1-17-7-5-6-10-21(17)27-23(29)15-24-28-22(16-31-24)18-11-13-20(14-12-18)26-25(30)19-8-3-2-4-9-19/h2-14,16H,15H2,1H3,(H,26,30)(H,27,29). The summed E-state index contributed by atoms with van der Waals surface area (Å²) in [6.45, 7) is 1.96. The number of aryl methyl sites for hydroxylation is 1. The smallest absolute Gasteiger partial charge is 0.255 e. The summed E-state index contributed by atoms with van der Waals surface area (Å²) in [7, 11) is 0. The zero-order valence-corrected chi connectivity index (χ0v) is 17.8. The van der Waals surface area contributed by atoms with Gasteiger partial charge in [-0.05, 0) is 42.8 Å². The van der Waals surface area contributed by atoms with Gasteiger partial charge < -0.3 is 10.6 Å². The summed E-state index contributed by atoms with van der Waals surface area (Å²) in [6, 6.07) is 24.3. The Morgan fingerprint density at radius 1 is 0.871 bits per heavy atom. The Labute approximate surface area is 184 Å². The molecule has 0 aliphatic rings. The van der Waals surface area contributed by atoms with Crippen LogP contribution in [0, 0.1) is 6.92 Å². The molecule has 0 saturated carbocycles. The van der Waals surface area contributed by atoms with Crippen LogP contribution in [0.1, 0.15) is 20.9 Å². The van der Waals surface area contributed by atoms with Crippen LogP contribution in [0.4, 0.5) is 11.4 Å². The summed E-state index contributed by atoms with van der Waals surface area (Å²) < 4.78 is 0. The van der Waals surface area contributed by atoms with Crippen LogP contribution in [0.3, 0.4) is 0 Å². The second kappa shape index (κ2) is 9.36. The van der Waals surface area contributed by atoms with Gasteiger partial charge in [0.15, 0.2) is 0 Å². The molecule has 0 saturated heterocycles. The van der Waals surface area contributed by atoms with Crippen LogP contribution < -0.4 is 10.6 Å². The van der Waals surface area contributed by atoms with Gasteiger partial charge in [-0.2, -0.15) is 0 Å². The van der Waals surface area contributed by atoms with E-state index in [4.69, 9.17) is 0 Å². The molecule has 0 spiro atoms. The van der Waals surface area contributed by atoms with E-state index < -0.39 is 0 Å². The van der Waals surface area contributed by atoms with Gasteiger partial charge in [-0.15, -0.1) is 11.3 Å². The minimum atomic E-state index is -0.149. The number of hydrogen-bond donors (Lipinski definition) is 2. The third-order valence-corrected chi connectivity index (χ3v) is 5.61. The Hall–Kier alpha value is -3.77. The van der Waals surface area contributed by atoms with E-state index in [2.05, 4.69) is 15.6 Å². The number of nitrogens with zero attached hydrogens (tertiary/aromatic N) is 1. The van der Waals surface area contributed by atoms with E-state index in [1.807, 2.05) is 79.0 Å². The molecule has 0 fully saturated rings. The molecule has 5 nitrogen and oxygen atoms in total. The minimum Gasteiger partial charge on any atom is -0.325 e. The summed E-state index contributed by atoms with van der Waals surface area (Å²) in [5.74, 6) is -0.238. The van der Waals surface area contributed by atoms with Crippen molar-refractivity contribution in [1.82, 2.24) is 4.98 Å². The van der Waals surface area contributed by atoms with E-state index in [0.717, 1.165) is 27.5 Å². The van der Waals surface area contributed by atoms with Gasteiger partial charge in [0, 0.05) is 27.9 Å². The van der Waals surface area contributed by atoms with Gasteiger partial charge in [0.25, 0.3) is 5.91 Å². The number of carbonyl (C=O) groups is 2. The van der Waals surface area contributed by atoms with Crippen molar-refractivity contribution in [3.8, 4) is 11.3 Å². The highest BCUT2D eigenvalue weighted by atomic mass is 32.1. The van der Waals surface area contributed by atoms with Gasteiger partial charge in [0.05, 0.1) is 12.1 Å². The third kappa shape index (κ3) is 5.24. The van der Waals surface area contributed by atoms with Crippen LogP contribution in [0.15, 0.2) is 84.2 Å². The Balaban J connectivity index is 1.38. The monoisotopic (exact) mass is 427 g/mol. The molecule has 154 valence electrons. The molecule has 1 heterocycles. The lowest BCUT2D eigenvalue weighted by molar-refractivity contribution is -0.115. The molecule has 0 radical (unpaired) electrons. The quantitative estimate of drug-likeness (QED) is 0.424. The molecule has 0 bridgehead atoms. The van der Waals surface area contributed by atoms with E-state index in [1.165, 1.54) is 11.3 Å². The molecule has 0 atom stereocenters. The molecular weight excluding hydrogens is 406 g/mol. The average molecular weight is 428 g/mol. The summed E-state index contributed by atoms with van der Waals surface area (Å²) in [5.41, 5.74) is 4.90. The van der Waals surface area contributed by atoms with E-state index in [1.54, 1.807) is 12.1 Å². The Morgan fingerprint density at radius 2 is 1.58 bits per heavy atom. The SMILES string of the molecule is Cc1ccccc1NC(=O)Cc1nc(-c2ccc(NC(=O)c3ccccc3)cc2)cs1. The van der Waals surface area contributed by atoms with Crippen molar-refractivity contribution in [3.05, 3.63) is 100 Å². The summed E-state index contributed by atoms with van der Waals surface area (Å²) >= 11 is 1.46. The van der Waals surface area contributed by atoms with Crippen molar-refractivity contribution in [2.45, 2.75) is 13.3 Å². The number of benzene rings is 3. The molecule has 2 N–H and O–H groups in total. The van der Waals surface area contributed by atoms with Gasteiger partial charge >= 0.3 is 0 Å². The Morgan fingerprint density at radius 3 is 2.32 bits per heavy atom. The van der Waals surface area contributed by atoms with Crippen molar-refractivity contribution in [2.75, 3.05) is 10.6 Å². The van der Waals surface area contributed by atoms with Crippen LogP contribution in [0.2, 0.25) is 0 Å². The number of aromatic nitrogens is 1. The van der Waals surface area contributed by atoms with E-state index >= 15 is 0 Å². The van der Waals surface area contributed by atoms with Crippen molar-refractivity contribution in [2.24, 2.45) is 0 Å². The van der Waals surface area contributed by atoms with Crippen molar-refractivity contribution in [1.29, 1.82) is 0 Å². The van der Waals surface area contributed by atoms with Crippen LogP contribution >= 0.6 is 11.3 Å². The maximum absolute atomic E-state index is 12.4. The van der Waals surface area contributed by atoms with Gasteiger partial charge in [-0.25, -0.2) is 4.98 Å². The predicted molar refractivity (Wildman–Crippen MR) is 125 cm³/mol. The molecule has 1 aromatic heterocycles. The largest absolute Gasteiger partial charge is 0.325 e. The lowest BCUT2D eigenvalue weighted by atomic mass is 10.1. The topological polar surface area (TPSA) is 71.1 Å². The second-order valence-electron chi connectivity index (χ2n) is 7.06. The molecule has 4 rings (SSSR count). The zero-order valence-electron chi connectivity index (χ0n) is 17.0. The lowest BCUT2D eigenvalue weighted by Crippen LogP contribution is -2.14. The number of anilines is 2. The molecule has 3 aromatic carbocycles. The molecule has 0 aliphatic carbocycles. The van der Waals surface area contributed by atoms with Crippen LogP contribution in [0.5, 0.6) is 0 Å². The van der Waals surface area contributed by atoms with E-state index in [-0.39, 0.29) is 18.2 Å². The van der Waals surface area contributed by atoms with E-state index in [9.17, 15) is 9.59 Å². The highest BCUT2D eigenvalue weighted by Gasteiger charge is 2.11. The summed E-state index contributed by atoms with van der Waals surface area (Å²) in [6.07, 6.45) is 0.226. The first-order valence-electron chi connectivity index (χ1n) is 9.85. The van der Waals surface area contributed by atoms with Gasteiger partial charge in [0.1, 0.15) is 5.01 Å². The normalized spacial score (nSPS) is 10.5. The van der Waals surface area contributed by atoms with E-state index in [0.29, 0.717) is 11.3 Å². The summed E-state index contributed by atoms with van der Waals surface area (Å²) in [4.78, 5) is 29.2. The zero-order chi connectivity index (χ0) is 21.6. The first kappa shape index (κ1) is 20.5. The third-order valence-electron chi connectivity index (χ3n) is 4.76. The van der Waals surface area contributed by atoms with Crippen LogP contribution in [-0.4, -0.2) is 16.8 Å². The number of carbonyl (C=O) groups excluding carboxylic acids is 2. The fourth-order valence-electron chi connectivity index (χ4n) is 3.09. The van der Waals surface area contributed by atoms with Gasteiger partial charge in [-0.3, -0.25) is 9.59 Å². The van der Waals surface area contributed by atoms with Crippen molar-refractivity contribution in [3.63, 3.8) is 0 Å². The van der Waals surface area contributed by atoms with Crippen molar-refractivity contribution < 1.29 is 9.59 Å². The maximum Gasteiger partial charge on any atom is 0.255 e. The number of para-hydroxylation sites is 1. The van der Waals surface area contributed by atoms with Crippen molar-refractivity contribution >= 4 is 34.5 Å². The van der Waals surface area contributed by atoms with Gasteiger partial charge in [-0.1, -0.05) is 48.5 Å². The average Bonchev–Trinajstić information content (AvgIpc) is 3.25.